The van der Waals surface area contributed by atoms with E-state index in [1.807, 2.05) is 26.5 Å². The van der Waals surface area contributed by atoms with Crippen LogP contribution in [0.5, 0.6) is 0 Å². The third kappa shape index (κ3) is 2.15. The van der Waals surface area contributed by atoms with Crippen molar-refractivity contribution in [2.75, 3.05) is 7.05 Å². The molecule has 86 valence electrons. The van der Waals surface area contributed by atoms with E-state index in [0.717, 1.165) is 23.5 Å². The van der Waals surface area contributed by atoms with Crippen molar-refractivity contribution in [3.05, 3.63) is 23.0 Å². The molecule has 0 aliphatic rings. The first-order valence-corrected chi connectivity index (χ1v) is 6.18. The molecule has 4 nitrogen and oxygen atoms in total. The van der Waals surface area contributed by atoms with E-state index in [9.17, 15) is 0 Å². The van der Waals surface area contributed by atoms with Crippen molar-refractivity contribution in [3.8, 4) is 10.6 Å². The molecule has 0 radical (unpaired) electrons. The van der Waals surface area contributed by atoms with Crippen molar-refractivity contribution in [2.45, 2.75) is 19.9 Å². The summed E-state index contributed by atoms with van der Waals surface area (Å²) >= 11 is 1.75. The lowest BCUT2D eigenvalue weighted by Gasteiger charge is -1.96. The Morgan fingerprint density at radius 1 is 1.50 bits per heavy atom. The molecule has 2 aromatic heterocycles. The van der Waals surface area contributed by atoms with Crippen LogP contribution in [0, 0.1) is 0 Å². The molecule has 2 heterocycles. The van der Waals surface area contributed by atoms with E-state index >= 15 is 0 Å². The van der Waals surface area contributed by atoms with Gasteiger partial charge in [-0.15, -0.1) is 11.3 Å². The van der Waals surface area contributed by atoms with Crippen molar-refractivity contribution in [1.29, 1.82) is 0 Å². The Kier molecular flexibility index (Phi) is 3.36. The van der Waals surface area contributed by atoms with Crippen LogP contribution in [0.2, 0.25) is 0 Å². The van der Waals surface area contributed by atoms with Gasteiger partial charge < -0.3 is 5.32 Å². The minimum absolute atomic E-state index is 0.890. The average Bonchev–Trinajstić information content (AvgIpc) is 2.85. The Morgan fingerprint density at radius 3 is 2.88 bits per heavy atom. The van der Waals surface area contributed by atoms with E-state index in [2.05, 4.69) is 22.3 Å². The lowest BCUT2D eigenvalue weighted by molar-refractivity contribution is 0.768. The standard InChI is InChI=1S/C11H16N4S/c1-4-9-10(6-12-2)16-11(14-9)8-5-13-15(3)7-8/h5,7,12H,4,6H2,1-3H3. The second-order valence-corrected chi connectivity index (χ2v) is 4.76. The van der Waals surface area contributed by atoms with Crippen LogP contribution in [0.25, 0.3) is 10.6 Å². The molecule has 0 aromatic carbocycles. The lowest BCUT2D eigenvalue weighted by atomic mass is 10.3. The maximum Gasteiger partial charge on any atom is 0.127 e. The van der Waals surface area contributed by atoms with Crippen molar-refractivity contribution in [1.82, 2.24) is 20.1 Å². The molecule has 0 amide bonds. The van der Waals surface area contributed by atoms with Crippen molar-refractivity contribution in [2.24, 2.45) is 7.05 Å². The third-order valence-corrected chi connectivity index (χ3v) is 3.55. The van der Waals surface area contributed by atoms with E-state index in [1.54, 1.807) is 16.0 Å². The molecule has 1 N–H and O–H groups in total. The number of nitrogens with one attached hydrogen (secondary N) is 1. The molecular weight excluding hydrogens is 220 g/mol. The minimum atomic E-state index is 0.890. The van der Waals surface area contributed by atoms with Crippen molar-refractivity contribution >= 4 is 11.3 Å². The summed E-state index contributed by atoms with van der Waals surface area (Å²) in [5, 5.41) is 8.41. The molecule has 0 saturated heterocycles. The quantitative estimate of drug-likeness (QED) is 0.880. The SMILES string of the molecule is CCc1nc(-c2cnn(C)c2)sc1CNC. The third-order valence-electron chi connectivity index (χ3n) is 2.40. The van der Waals surface area contributed by atoms with Crippen molar-refractivity contribution in [3.63, 3.8) is 0 Å². The molecule has 0 saturated carbocycles. The maximum atomic E-state index is 4.66. The number of aryl methyl sites for hydroxylation is 2. The van der Waals surface area contributed by atoms with Gasteiger partial charge in [-0.3, -0.25) is 4.68 Å². The molecule has 0 bridgehead atoms. The van der Waals surface area contributed by atoms with Crippen LogP contribution in [-0.4, -0.2) is 21.8 Å². The number of nitrogens with zero attached hydrogens (tertiary/aromatic N) is 3. The normalized spacial score (nSPS) is 10.9. The number of aromatic nitrogens is 3. The molecule has 2 rings (SSSR count). The summed E-state index contributed by atoms with van der Waals surface area (Å²) in [6, 6.07) is 0. The topological polar surface area (TPSA) is 42.7 Å². The molecule has 5 heteroatoms. The van der Waals surface area contributed by atoms with Gasteiger partial charge in [-0.25, -0.2) is 4.98 Å². The molecule has 0 aliphatic carbocycles. The van der Waals surface area contributed by atoms with Gasteiger partial charge in [0.2, 0.25) is 0 Å². The molecule has 0 unspecified atom stereocenters. The van der Waals surface area contributed by atoms with Gasteiger partial charge in [0.1, 0.15) is 5.01 Å². The molecule has 0 fully saturated rings. The summed E-state index contributed by atoms with van der Waals surface area (Å²) < 4.78 is 1.81. The molecule has 0 spiro atoms. The Balaban J connectivity index is 2.35. The van der Waals surface area contributed by atoms with E-state index in [1.165, 1.54) is 10.6 Å². The Hall–Kier alpha value is -1.20. The Labute approximate surface area is 99.3 Å². The second-order valence-electron chi connectivity index (χ2n) is 3.68. The fourth-order valence-electron chi connectivity index (χ4n) is 1.61. The second kappa shape index (κ2) is 4.76. The average molecular weight is 236 g/mol. The predicted octanol–water partition coefficient (Wildman–Crippen LogP) is 1.83. The van der Waals surface area contributed by atoms with Gasteiger partial charge >= 0.3 is 0 Å². The van der Waals surface area contributed by atoms with Crippen LogP contribution in [-0.2, 0) is 20.0 Å². The Bertz CT molecular complexity index is 472. The number of thiazole rings is 1. The summed E-state index contributed by atoms with van der Waals surface area (Å²) in [6.45, 7) is 3.03. The van der Waals surface area contributed by atoms with Crippen LogP contribution in [0.4, 0.5) is 0 Å². The van der Waals surface area contributed by atoms with E-state index in [-0.39, 0.29) is 0 Å². The van der Waals surface area contributed by atoms with Gasteiger partial charge in [0.25, 0.3) is 0 Å². The zero-order chi connectivity index (χ0) is 11.5. The van der Waals surface area contributed by atoms with Gasteiger partial charge in [-0.05, 0) is 13.5 Å². The zero-order valence-electron chi connectivity index (χ0n) is 9.82. The van der Waals surface area contributed by atoms with Crippen LogP contribution in [0.3, 0.4) is 0 Å². The zero-order valence-corrected chi connectivity index (χ0v) is 10.6. The highest BCUT2D eigenvalue weighted by Crippen LogP contribution is 2.27. The van der Waals surface area contributed by atoms with Gasteiger partial charge in [-0.1, -0.05) is 6.92 Å². The summed E-state index contributed by atoms with van der Waals surface area (Å²) in [5.74, 6) is 0. The van der Waals surface area contributed by atoms with Crippen LogP contribution in [0.1, 0.15) is 17.5 Å². The fraction of sp³-hybridized carbons (Fsp3) is 0.455. The van der Waals surface area contributed by atoms with E-state index in [4.69, 9.17) is 0 Å². The maximum absolute atomic E-state index is 4.66. The fourth-order valence-corrected chi connectivity index (χ4v) is 2.75. The Morgan fingerprint density at radius 2 is 2.31 bits per heavy atom. The van der Waals surface area contributed by atoms with Crippen LogP contribution in [0.15, 0.2) is 12.4 Å². The largest absolute Gasteiger partial charge is 0.315 e. The highest BCUT2D eigenvalue weighted by Gasteiger charge is 2.11. The first kappa shape index (κ1) is 11.3. The van der Waals surface area contributed by atoms with Gasteiger partial charge in [-0.2, -0.15) is 5.10 Å². The van der Waals surface area contributed by atoms with Gasteiger partial charge in [0.15, 0.2) is 0 Å². The lowest BCUT2D eigenvalue weighted by Crippen LogP contribution is -2.05. The van der Waals surface area contributed by atoms with Crippen molar-refractivity contribution < 1.29 is 0 Å². The summed E-state index contributed by atoms with van der Waals surface area (Å²) in [4.78, 5) is 5.98. The van der Waals surface area contributed by atoms with Crippen LogP contribution >= 0.6 is 11.3 Å². The highest BCUT2D eigenvalue weighted by atomic mass is 32.1. The molecular formula is C11H16N4S. The van der Waals surface area contributed by atoms with Gasteiger partial charge in [0.05, 0.1) is 11.9 Å². The summed E-state index contributed by atoms with van der Waals surface area (Å²) in [5.41, 5.74) is 2.29. The predicted molar refractivity (Wildman–Crippen MR) is 66.5 cm³/mol. The smallest absolute Gasteiger partial charge is 0.127 e. The van der Waals surface area contributed by atoms with E-state index in [0.29, 0.717) is 0 Å². The van der Waals surface area contributed by atoms with Gasteiger partial charge in [0, 0.05) is 30.2 Å². The summed E-state index contributed by atoms with van der Waals surface area (Å²) in [7, 11) is 3.88. The molecule has 16 heavy (non-hydrogen) atoms. The number of hydrogen-bond acceptors (Lipinski definition) is 4. The molecule has 2 aromatic rings. The molecule has 0 aliphatic heterocycles. The minimum Gasteiger partial charge on any atom is -0.315 e. The highest BCUT2D eigenvalue weighted by molar-refractivity contribution is 7.15. The monoisotopic (exact) mass is 236 g/mol. The van der Waals surface area contributed by atoms with E-state index < -0.39 is 0 Å². The summed E-state index contributed by atoms with van der Waals surface area (Å²) in [6.07, 6.45) is 4.84. The molecule has 0 atom stereocenters. The number of rotatable bonds is 4. The first-order valence-electron chi connectivity index (χ1n) is 5.36. The van der Waals surface area contributed by atoms with Crippen LogP contribution < -0.4 is 5.32 Å². The number of hydrogen-bond donors (Lipinski definition) is 1. The first-order chi connectivity index (χ1) is 7.74.